The van der Waals surface area contributed by atoms with Crippen molar-refractivity contribution in [3.8, 4) is 10.7 Å². The Balaban J connectivity index is 1.76. The Hall–Kier alpha value is -1.88. The van der Waals surface area contributed by atoms with Gasteiger partial charge in [-0.15, -0.1) is 11.3 Å². The molecule has 0 aliphatic carbocycles. The van der Waals surface area contributed by atoms with Crippen LogP contribution in [0, 0.1) is 0 Å². The topological polar surface area (TPSA) is 35.6 Å². The van der Waals surface area contributed by atoms with Crippen LogP contribution in [0.25, 0.3) is 10.7 Å². The lowest BCUT2D eigenvalue weighted by molar-refractivity contribution is 0.702. The minimum atomic E-state index is 0.929. The lowest BCUT2D eigenvalue weighted by Gasteiger charge is -2.05. The van der Waals surface area contributed by atoms with E-state index in [4.69, 9.17) is 0 Å². The zero-order valence-electron chi connectivity index (χ0n) is 10.2. The summed E-state index contributed by atoms with van der Waals surface area (Å²) in [6, 6.07) is 4.16. The van der Waals surface area contributed by atoms with Gasteiger partial charge < -0.3 is 4.57 Å². The molecule has 0 aliphatic rings. The smallest absolute Gasteiger partial charge is 0.149 e. The zero-order chi connectivity index (χ0) is 12.4. The first-order valence-corrected chi connectivity index (χ1v) is 6.73. The summed E-state index contributed by atoms with van der Waals surface area (Å²) in [5, 5.41) is 6.26. The van der Waals surface area contributed by atoms with Crippen molar-refractivity contribution in [3.63, 3.8) is 0 Å². The van der Waals surface area contributed by atoms with Crippen LogP contribution in [0.1, 0.15) is 5.56 Å². The molecular weight excluding hydrogens is 244 g/mol. The Morgan fingerprint density at radius 3 is 3.06 bits per heavy atom. The molecule has 18 heavy (non-hydrogen) atoms. The highest BCUT2D eigenvalue weighted by Gasteiger charge is 2.06. The Labute approximate surface area is 110 Å². The molecule has 3 heterocycles. The SMILES string of the molecule is Cn1cc(CCn2ccnc2-c2cccs2)cn1. The summed E-state index contributed by atoms with van der Waals surface area (Å²) in [6.07, 6.45) is 8.84. The molecule has 4 nitrogen and oxygen atoms in total. The maximum atomic E-state index is 4.43. The molecule has 0 spiro atoms. The second kappa shape index (κ2) is 4.78. The van der Waals surface area contributed by atoms with Gasteiger partial charge in [-0.05, 0) is 23.4 Å². The molecule has 3 rings (SSSR count). The Morgan fingerprint density at radius 1 is 1.39 bits per heavy atom. The first-order valence-electron chi connectivity index (χ1n) is 5.85. The number of imidazole rings is 1. The van der Waals surface area contributed by atoms with E-state index >= 15 is 0 Å². The molecule has 0 amide bonds. The van der Waals surface area contributed by atoms with Gasteiger partial charge in [-0.25, -0.2) is 4.98 Å². The first-order chi connectivity index (χ1) is 8.83. The van der Waals surface area contributed by atoms with E-state index < -0.39 is 0 Å². The van der Waals surface area contributed by atoms with E-state index in [1.807, 2.05) is 30.3 Å². The van der Waals surface area contributed by atoms with Gasteiger partial charge in [0.1, 0.15) is 5.82 Å². The fourth-order valence-corrected chi connectivity index (χ4v) is 2.71. The van der Waals surface area contributed by atoms with E-state index in [1.165, 1.54) is 10.4 Å². The van der Waals surface area contributed by atoms with Crippen molar-refractivity contribution < 1.29 is 0 Å². The molecule has 92 valence electrons. The van der Waals surface area contributed by atoms with E-state index in [9.17, 15) is 0 Å². The summed E-state index contributed by atoms with van der Waals surface area (Å²) < 4.78 is 4.03. The molecule has 0 radical (unpaired) electrons. The van der Waals surface area contributed by atoms with E-state index in [0.717, 1.165) is 18.8 Å². The van der Waals surface area contributed by atoms with Gasteiger partial charge in [0.2, 0.25) is 0 Å². The molecule has 0 unspecified atom stereocenters. The first kappa shape index (κ1) is 11.2. The molecule has 0 fully saturated rings. The monoisotopic (exact) mass is 258 g/mol. The average molecular weight is 258 g/mol. The van der Waals surface area contributed by atoms with Crippen molar-refractivity contribution in [2.24, 2.45) is 7.05 Å². The molecule has 0 saturated heterocycles. The fourth-order valence-electron chi connectivity index (χ4n) is 1.97. The molecule has 3 aromatic heterocycles. The molecule has 5 heteroatoms. The summed E-state index contributed by atoms with van der Waals surface area (Å²) in [6.45, 7) is 0.929. The molecule has 0 atom stereocenters. The Morgan fingerprint density at radius 2 is 2.33 bits per heavy atom. The van der Waals surface area contributed by atoms with Gasteiger partial charge in [0, 0.05) is 32.2 Å². The summed E-state index contributed by atoms with van der Waals surface area (Å²) in [5.41, 5.74) is 1.25. The molecule has 0 aromatic carbocycles. The highest BCUT2D eigenvalue weighted by atomic mass is 32.1. The largest absolute Gasteiger partial charge is 0.330 e. The van der Waals surface area contributed by atoms with Crippen LogP contribution in [0.4, 0.5) is 0 Å². The van der Waals surface area contributed by atoms with E-state index in [2.05, 4.69) is 38.4 Å². The van der Waals surface area contributed by atoms with Gasteiger partial charge in [0.15, 0.2) is 0 Å². The van der Waals surface area contributed by atoms with Crippen molar-refractivity contribution >= 4 is 11.3 Å². The average Bonchev–Trinajstić information content (AvgIpc) is 3.07. The number of hydrogen-bond donors (Lipinski definition) is 0. The lowest BCUT2D eigenvalue weighted by atomic mass is 10.2. The van der Waals surface area contributed by atoms with Gasteiger partial charge in [-0.1, -0.05) is 6.07 Å². The van der Waals surface area contributed by atoms with Crippen LogP contribution < -0.4 is 0 Å². The Bertz CT molecular complexity index is 621. The predicted octanol–water partition coefficient (Wildman–Crippen LogP) is 2.59. The van der Waals surface area contributed by atoms with Crippen LogP contribution in [0.2, 0.25) is 0 Å². The number of aryl methyl sites for hydroxylation is 3. The maximum absolute atomic E-state index is 4.43. The predicted molar refractivity (Wildman–Crippen MR) is 72.5 cm³/mol. The highest BCUT2D eigenvalue weighted by Crippen LogP contribution is 2.22. The summed E-state index contributed by atoms with van der Waals surface area (Å²) >= 11 is 1.72. The minimum absolute atomic E-state index is 0.929. The molecule has 0 aliphatic heterocycles. The third kappa shape index (κ3) is 2.22. The number of thiophene rings is 1. The number of nitrogens with zero attached hydrogens (tertiary/aromatic N) is 4. The Kier molecular flexibility index (Phi) is 2.98. The third-order valence-corrected chi connectivity index (χ3v) is 3.72. The van der Waals surface area contributed by atoms with Gasteiger partial charge >= 0.3 is 0 Å². The van der Waals surface area contributed by atoms with Crippen LogP contribution >= 0.6 is 11.3 Å². The van der Waals surface area contributed by atoms with Crippen molar-refractivity contribution in [2.45, 2.75) is 13.0 Å². The molecule has 0 N–H and O–H groups in total. The fraction of sp³-hybridized carbons (Fsp3) is 0.231. The standard InChI is InChI=1S/C13H14N4S/c1-16-10-11(9-15-16)4-6-17-7-5-14-13(17)12-3-2-8-18-12/h2-3,5,7-10H,4,6H2,1H3. The van der Waals surface area contributed by atoms with Crippen LogP contribution in [-0.2, 0) is 20.0 Å². The number of aromatic nitrogens is 4. The van der Waals surface area contributed by atoms with Gasteiger partial charge in [-0.3, -0.25) is 4.68 Å². The van der Waals surface area contributed by atoms with E-state index in [1.54, 1.807) is 11.3 Å². The van der Waals surface area contributed by atoms with Gasteiger partial charge in [0.05, 0.1) is 11.1 Å². The van der Waals surface area contributed by atoms with Gasteiger partial charge in [0.25, 0.3) is 0 Å². The van der Waals surface area contributed by atoms with Gasteiger partial charge in [-0.2, -0.15) is 5.10 Å². The van der Waals surface area contributed by atoms with Crippen molar-refractivity contribution in [3.05, 3.63) is 47.9 Å². The van der Waals surface area contributed by atoms with Crippen molar-refractivity contribution in [1.82, 2.24) is 19.3 Å². The molecular formula is C13H14N4S. The summed E-state index contributed by atoms with van der Waals surface area (Å²) in [7, 11) is 1.94. The molecule has 0 saturated carbocycles. The molecule has 0 bridgehead atoms. The van der Waals surface area contributed by atoms with Crippen LogP contribution in [0.15, 0.2) is 42.3 Å². The maximum Gasteiger partial charge on any atom is 0.149 e. The van der Waals surface area contributed by atoms with E-state index in [-0.39, 0.29) is 0 Å². The van der Waals surface area contributed by atoms with Crippen molar-refractivity contribution in [2.75, 3.05) is 0 Å². The summed E-state index contributed by atoms with van der Waals surface area (Å²) in [4.78, 5) is 5.64. The third-order valence-electron chi connectivity index (χ3n) is 2.86. The second-order valence-corrected chi connectivity index (χ2v) is 5.14. The van der Waals surface area contributed by atoms with Crippen LogP contribution in [0.3, 0.4) is 0 Å². The number of hydrogen-bond acceptors (Lipinski definition) is 3. The van der Waals surface area contributed by atoms with Crippen molar-refractivity contribution in [1.29, 1.82) is 0 Å². The molecule has 3 aromatic rings. The van der Waals surface area contributed by atoms with Crippen LogP contribution in [-0.4, -0.2) is 19.3 Å². The number of rotatable bonds is 4. The minimum Gasteiger partial charge on any atom is -0.330 e. The zero-order valence-corrected chi connectivity index (χ0v) is 11.0. The normalized spacial score (nSPS) is 10.9. The second-order valence-electron chi connectivity index (χ2n) is 4.19. The highest BCUT2D eigenvalue weighted by molar-refractivity contribution is 7.13. The van der Waals surface area contributed by atoms with Crippen LogP contribution in [0.5, 0.6) is 0 Å². The quantitative estimate of drug-likeness (QED) is 0.721. The summed E-state index contributed by atoms with van der Waals surface area (Å²) in [5.74, 6) is 1.05. The van der Waals surface area contributed by atoms with E-state index in [0.29, 0.717) is 0 Å². The lowest BCUT2D eigenvalue weighted by Crippen LogP contribution is -2.01.